The van der Waals surface area contributed by atoms with E-state index in [0.717, 1.165) is 0 Å². The molecule has 0 saturated heterocycles. The third kappa shape index (κ3) is 2.80. The summed E-state index contributed by atoms with van der Waals surface area (Å²) in [6.07, 6.45) is 0. The first-order chi connectivity index (χ1) is 7.33. The molecule has 0 atom stereocenters. The van der Waals surface area contributed by atoms with Gasteiger partial charge in [-0.15, -0.1) is 0 Å². The summed E-state index contributed by atoms with van der Waals surface area (Å²) < 4.78 is 4.76. The van der Waals surface area contributed by atoms with Gasteiger partial charge in [0, 0.05) is 6.07 Å². The lowest BCUT2D eigenvalue weighted by Crippen LogP contribution is -2.50. The average molecular weight is 227 g/mol. The average Bonchev–Trinajstić information content (AvgIpc) is 2.63. The molecule has 7 nitrogen and oxygen atoms in total. The summed E-state index contributed by atoms with van der Waals surface area (Å²) in [6.45, 7) is 3.41. The summed E-state index contributed by atoms with van der Waals surface area (Å²) in [6, 6.07) is 1.28. The molecule has 16 heavy (non-hydrogen) atoms. The fraction of sp³-hybridized carbons (Fsp3) is 0.444. The SMILES string of the molecule is CC(C)(NCc1cc(C(=O)O)no1)C(N)=O. The van der Waals surface area contributed by atoms with Gasteiger partial charge < -0.3 is 15.4 Å². The largest absolute Gasteiger partial charge is 0.476 e. The number of carboxylic acid groups (broad SMARTS) is 1. The topological polar surface area (TPSA) is 118 Å². The molecule has 1 rings (SSSR count). The van der Waals surface area contributed by atoms with Crippen molar-refractivity contribution in [1.82, 2.24) is 10.5 Å². The second-order valence-corrected chi connectivity index (χ2v) is 3.83. The zero-order valence-electron chi connectivity index (χ0n) is 8.98. The molecule has 0 unspecified atom stereocenters. The Morgan fingerprint density at radius 1 is 1.62 bits per heavy atom. The molecule has 0 saturated carbocycles. The molecule has 88 valence electrons. The number of aromatic carboxylic acids is 1. The van der Waals surface area contributed by atoms with E-state index < -0.39 is 17.4 Å². The number of nitrogens with one attached hydrogen (secondary N) is 1. The number of amides is 1. The fourth-order valence-electron chi connectivity index (χ4n) is 0.892. The molecule has 0 fully saturated rings. The monoisotopic (exact) mass is 227 g/mol. The van der Waals surface area contributed by atoms with Crippen molar-refractivity contribution in [2.75, 3.05) is 0 Å². The first-order valence-electron chi connectivity index (χ1n) is 4.57. The van der Waals surface area contributed by atoms with Crippen molar-refractivity contribution < 1.29 is 19.2 Å². The fourth-order valence-corrected chi connectivity index (χ4v) is 0.892. The van der Waals surface area contributed by atoms with E-state index in [4.69, 9.17) is 15.4 Å². The van der Waals surface area contributed by atoms with Crippen LogP contribution in [0.5, 0.6) is 0 Å². The van der Waals surface area contributed by atoms with Crippen LogP contribution < -0.4 is 11.1 Å². The van der Waals surface area contributed by atoms with Crippen LogP contribution in [0.1, 0.15) is 30.1 Å². The quantitative estimate of drug-likeness (QED) is 0.637. The first-order valence-corrected chi connectivity index (χ1v) is 4.57. The third-order valence-corrected chi connectivity index (χ3v) is 2.10. The molecule has 0 aliphatic carbocycles. The van der Waals surface area contributed by atoms with Crippen LogP contribution >= 0.6 is 0 Å². The van der Waals surface area contributed by atoms with Crippen LogP contribution in [0.3, 0.4) is 0 Å². The Morgan fingerprint density at radius 3 is 2.69 bits per heavy atom. The van der Waals surface area contributed by atoms with Gasteiger partial charge in [0.05, 0.1) is 12.1 Å². The lowest BCUT2D eigenvalue weighted by Gasteiger charge is -2.21. The number of carbonyl (C=O) groups excluding carboxylic acids is 1. The zero-order valence-corrected chi connectivity index (χ0v) is 8.98. The maximum Gasteiger partial charge on any atom is 0.358 e. The number of carboxylic acids is 1. The van der Waals surface area contributed by atoms with Crippen LogP contribution in [0.2, 0.25) is 0 Å². The molecule has 0 aliphatic heterocycles. The van der Waals surface area contributed by atoms with Crippen molar-refractivity contribution in [2.24, 2.45) is 5.73 Å². The molecule has 1 aromatic rings. The molecule has 0 bridgehead atoms. The van der Waals surface area contributed by atoms with Gasteiger partial charge in [0.25, 0.3) is 0 Å². The van der Waals surface area contributed by atoms with Gasteiger partial charge in [0.15, 0.2) is 11.5 Å². The molecule has 0 radical (unpaired) electrons. The van der Waals surface area contributed by atoms with Gasteiger partial charge in [-0.25, -0.2) is 4.79 Å². The van der Waals surface area contributed by atoms with Crippen molar-refractivity contribution in [1.29, 1.82) is 0 Å². The maximum atomic E-state index is 11.0. The van der Waals surface area contributed by atoms with Gasteiger partial charge >= 0.3 is 5.97 Å². The number of nitrogens with zero attached hydrogens (tertiary/aromatic N) is 1. The van der Waals surface area contributed by atoms with E-state index in [1.807, 2.05) is 0 Å². The molecule has 0 spiro atoms. The maximum absolute atomic E-state index is 11.0. The number of primary amides is 1. The van der Waals surface area contributed by atoms with E-state index in [0.29, 0.717) is 5.76 Å². The molecular formula is C9H13N3O4. The van der Waals surface area contributed by atoms with Crippen molar-refractivity contribution in [2.45, 2.75) is 25.9 Å². The van der Waals surface area contributed by atoms with E-state index in [9.17, 15) is 9.59 Å². The predicted molar refractivity (Wildman–Crippen MR) is 53.6 cm³/mol. The Hall–Kier alpha value is -1.89. The minimum absolute atomic E-state index is 0.173. The van der Waals surface area contributed by atoms with E-state index in [-0.39, 0.29) is 12.2 Å². The molecule has 4 N–H and O–H groups in total. The standard InChI is InChI=1S/C9H13N3O4/c1-9(2,8(10)15)11-4-5-3-6(7(13)14)12-16-5/h3,11H,4H2,1-2H3,(H2,10,15)(H,13,14). The predicted octanol–water partition coefficient (Wildman–Crippen LogP) is -0.274. The highest BCUT2D eigenvalue weighted by molar-refractivity contribution is 5.85. The van der Waals surface area contributed by atoms with Gasteiger partial charge in [-0.3, -0.25) is 10.1 Å². The summed E-state index contributed by atoms with van der Waals surface area (Å²) in [4.78, 5) is 21.5. The Balaban J connectivity index is 2.61. The number of carbonyl (C=O) groups is 2. The summed E-state index contributed by atoms with van der Waals surface area (Å²) in [7, 11) is 0. The van der Waals surface area contributed by atoms with Crippen LogP contribution in [0.15, 0.2) is 10.6 Å². The minimum atomic E-state index is -1.16. The van der Waals surface area contributed by atoms with E-state index in [2.05, 4.69) is 10.5 Å². The molecule has 0 aromatic carbocycles. The summed E-state index contributed by atoms with van der Waals surface area (Å²) >= 11 is 0. The molecule has 1 heterocycles. The molecule has 1 amide bonds. The Kier molecular flexibility index (Phi) is 3.28. The number of hydrogen-bond donors (Lipinski definition) is 3. The van der Waals surface area contributed by atoms with Gasteiger partial charge in [-0.1, -0.05) is 5.16 Å². The van der Waals surface area contributed by atoms with Crippen molar-refractivity contribution >= 4 is 11.9 Å². The third-order valence-electron chi connectivity index (χ3n) is 2.10. The van der Waals surface area contributed by atoms with Crippen LogP contribution in [0.4, 0.5) is 0 Å². The highest BCUT2D eigenvalue weighted by Gasteiger charge is 2.24. The molecular weight excluding hydrogens is 214 g/mol. The van der Waals surface area contributed by atoms with E-state index in [1.54, 1.807) is 13.8 Å². The summed E-state index contributed by atoms with van der Waals surface area (Å²) in [5, 5.41) is 14.8. The highest BCUT2D eigenvalue weighted by Crippen LogP contribution is 2.06. The summed E-state index contributed by atoms with van der Waals surface area (Å²) in [5.74, 6) is -1.35. The minimum Gasteiger partial charge on any atom is -0.476 e. The normalized spacial score (nSPS) is 11.4. The van der Waals surface area contributed by atoms with Gasteiger partial charge in [-0.05, 0) is 13.8 Å². The van der Waals surface area contributed by atoms with Crippen molar-refractivity contribution in [3.63, 3.8) is 0 Å². The molecule has 1 aromatic heterocycles. The number of rotatable bonds is 5. The molecule has 7 heteroatoms. The van der Waals surface area contributed by atoms with Crippen molar-refractivity contribution in [3.8, 4) is 0 Å². The number of aromatic nitrogens is 1. The van der Waals surface area contributed by atoms with Crippen LogP contribution in [-0.2, 0) is 11.3 Å². The molecule has 0 aliphatic rings. The van der Waals surface area contributed by atoms with Gasteiger partial charge in [0.1, 0.15) is 0 Å². The van der Waals surface area contributed by atoms with Gasteiger partial charge in [0.2, 0.25) is 5.91 Å². The number of hydrogen-bond acceptors (Lipinski definition) is 5. The lowest BCUT2D eigenvalue weighted by atomic mass is 10.1. The first kappa shape index (κ1) is 12.2. The Bertz CT molecular complexity index is 411. The second-order valence-electron chi connectivity index (χ2n) is 3.83. The Labute approximate surface area is 91.6 Å². The zero-order chi connectivity index (χ0) is 12.3. The number of nitrogens with two attached hydrogens (primary N) is 1. The van der Waals surface area contributed by atoms with Gasteiger partial charge in [-0.2, -0.15) is 0 Å². The highest BCUT2D eigenvalue weighted by atomic mass is 16.5. The van der Waals surface area contributed by atoms with Crippen LogP contribution in [-0.4, -0.2) is 27.7 Å². The Morgan fingerprint density at radius 2 is 2.25 bits per heavy atom. The van der Waals surface area contributed by atoms with Crippen LogP contribution in [0, 0.1) is 0 Å². The summed E-state index contributed by atoms with van der Waals surface area (Å²) in [5.41, 5.74) is 4.08. The van der Waals surface area contributed by atoms with Crippen molar-refractivity contribution in [3.05, 3.63) is 17.5 Å². The smallest absolute Gasteiger partial charge is 0.358 e. The lowest BCUT2D eigenvalue weighted by molar-refractivity contribution is -0.123. The van der Waals surface area contributed by atoms with E-state index >= 15 is 0 Å². The van der Waals surface area contributed by atoms with Crippen LogP contribution in [0.25, 0.3) is 0 Å². The second kappa shape index (κ2) is 4.31. The van der Waals surface area contributed by atoms with E-state index in [1.165, 1.54) is 6.07 Å².